The second-order valence-electron chi connectivity index (χ2n) is 11.7. The normalized spacial score (nSPS) is 29.1. The molecule has 1 atom stereocenters. The predicted octanol–water partition coefficient (Wildman–Crippen LogP) is 9.29. The highest BCUT2D eigenvalue weighted by Crippen LogP contribution is 2.40. The highest BCUT2D eigenvalue weighted by Gasteiger charge is 2.32. The first-order valence-corrected chi connectivity index (χ1v) is 14.3. The minimum Gasteiger partial charge on any atom is -0.487 e. The van der Waals surface area contributed by atoms with E-state index in [-0.39, 0.29) is 11.9 Å². The smallest absolute Gasteiger partial charge is 0.165 e. The van der Waals surface area contributed by atoms with Crippen LogP contribution in [0.3, 0.4) is 0 Å². The summed E-state index contributed by atoms with van der Waals surface area (Å²) in [6.45, 7) is 4.59. The largest absolute Gasteiger partial charge is 0.487 e. The van der Waals surface area contributed by atoms with Gasteiger partial charge >= 0.3 is 0 Å². The summed E-state index contributed by atoms with van der Waals surface area (Å²) in [7, 11) is 0. The van der Waals surface area contributed by atoms with Crippen molar-refractivity contribution in [1.82, 2.24) is 0 Å². The van der Waals surface area contributed by atoms with Crippen molar-refractivity contribution < 1.29 is 9.13 Å². The first-order valence-electron chi connectivity index (χ1n) is 14.3. The number of fused-ring (bicyclic) bond motifs is 1. The van der Waals surface area contributed by atoms with Crippen LogP contribution in [0.15, 0.2) is 42.5 Å². The number of ether oxygens (including phenoxy) is 1. The molecule has 1 heterocycles. The summed E-state index contributed by atoms with van der Waals surface area (Å²) in [5, 5.41) is 0. The van der Waals surface area contributed by atoms with Gasteiger partial charge in [-0.15, -0.1) is 0 Å². The third-order valence-corrected chi connectivity index (χ3v) is 9.02. The van der Waals surface area contributed by atoms with E-state index in [0.717, 1.165) is 29.9 Å². The van der Waals surface area contributed by atoms with Gasteiger partial charge in [-0.05, 0) is 116 Å². The Morgan fingerprint density at radius 3 is 2.37 bits per heavy atom. The quantitative estimate of drug-likeness (QED) is 0.405. The summed E-state index contributed by atoms with van der Waals surface area (Å²) in [4.78, 5) is 0. The number of halogens is 1. The van der Waals surface area contributed by atoms with E-state index in [0.29, 0.717) is 23.5 Å². The zero-order chi connectivity index (χ0) is 24.2. The van der Waals surface area contributed by atoms with Crippen molar-refractivity contribution in [2.24, 2.45) is 17.8 Å². The van der Waals surface area contributed by atoms with Crippen LogP contribution in [0.5, 0.6) is 5.75 Å². The Labute approximate surface area is 212 Å². The van der Waals surface area contributed by atoms with Gasteiger partial charge in [0.2, 0.25) is 0 Å². The first-order chi connectivity index (χ1) is 17.1. The molecule has 0 radical (unpaired) electrons. The monoisotopic (exact) mass is 474 g/mol. The summed E-state index contributed by atoms with van der Waals surface area (Å²) in [5.41, 5.74) is 5.00. The highest BCUT2D eigenvalue weighted by molar-refractivity contribution is 5.55. The molecule has 0 bridgehead atoms. The van der Waals surface area contributed by atoms with Gasteiger partial charge in [-0.2, -0.15) is 0 Å². The maximum absolute atomic E-state index is 15.1. The fraction of sp³-hybridized carbons (Fsp3) is 0.576. The topological polar surface area (TPSA) is 9.23 Å². The standard InChI is InChI=1S/C33H43FO/c1-3-4-24-9-15-27(16-10-24)28-17-11-25(12-18-28)7-8-26-21-30-19-20-32(35-33(30)31(34)22-26)29-13-5-23(2)6-14-29/h7-10,15-16,21-23,25,28-29,32H,3-6,11-14,17-20H2,1-2H3/b8-7+. The molecule has 3 aliphatic rings. The number of aryl methyl sites for hydroxylation is 2. The lowest BCUT2D eigenvalue weighted by Crippen LogP contribution is -2.33. The molecule has 0 spiro atoms. The summed E-state index contributed by atoms with van der Waals surface area (Å²) in [6, 6.07) is 13.2. The Kier molecular flexibility index (Phi) is 7.95. The van der Waals surface area contributed by atoms with Crippen molar-refractivity contribution in [3.8, 4) is 5.75 Å². The Morgan fingerprint density at radius 2 is 1.66 bits per heavy atom. The molecule has 188 valence electrons. The minimum atomic E-state index is -0.175. The van der Waals surface area contributed by atoms with Crippen LogP contribution >= 0.6 is 0 Å². The molecule has 35 heavy (non-hydrogen) atoms. The van der Waals surface area contributed by atoms with E-state index in [4.69, 9.17) is 4.74 Å². The average Bonchev–Trinajstić information content (AvgIpc) is 2.89. The van der Waals surface area contributed by atoms with Crippen LogP contribution in [0.1, 0.15) is 106 Å². The van der Waals surface area contributed by atoms with E-state index in [9.17, 15) is 0 Å². The van der Waals surface area contributed by atoms with Crippen LogP contribution in [0.25, 0.3) is 6.08 Å². The van der Waals surface area contributed by atoms with Crippen LogP contribution in [0, 0.1) is 23.6 Å². The Hall–Kier alpha value is -2.09. The molecule has 2 aromatic carbocycles. The van der Waals surface area contributed by atoms with Crippen molar-refractivity contribution in [1.29, 1.82) is 0 Å². The molecule has 5 rings (SSSR count). The lowest BCUT2D eigenvalue weighted by Gasteiger charge is -2.36. The molecule has 0 aromatic heterocycles. The first kappa shape index (κ1) is 24.6. The number of rotatable bonds is 6. The Bertz CT molecular complexity index is 991. The second-order valence-corrected chi connectivity index (χ2v) is 11.7. The van der Waals surface area contributed by atoms with Gasteiger partial charge in [0.05, 0.1) is 0 Å². The number of benzene rings is 2. The highest BCUT2D eigenvalue weighted by atomic mass is 19.1. The summed E-state index contributed by atoms with van der Waals surface area (Å²) >= 11 is 0. The van der Waals surface area contributed by atoms with Crippen molar-refractivity contribution in [3.05, 3.63) is 70.5 Å². The van der Waals surface area contributed by atoms with E-state index in [1.165, 1.54) is 75.3 Å². The molecule has 0 N–H and O–H groups in total. The fourth-order valence-electron chi connectivity index (χ4n) is 6.72. The summed E-state index contributed by atoms with van der Waals surface area (Å²) in [6.07, 6.45) is 19.0. The lowest BCUT2D eigenvalue weighted by atomic mass is 9.78. The zero-order valence-corrected chi connectivity index (χ0v) is 21.8. The molecule has 2 fully saturated rings. The van der Waals surface area contributed by atoms with Crippen molar-refractivity contribution in [2.75, 3.05) is 0 Å². The molecule has 2 aromatic rings. The van der Waals surface area contributed by atoms with E-state index in [1.807, 2.05) is 0 Å². The zero-order valence-electron chi connectivity index (χ0n) is 21.8. The van der Waals surface area contributed by atoms with Gasteiger partial charge in [0.1, 0.15) is 6.10 Å². The van der Waals surface area contributed by atoms with Gasteiger partial charge in [-0.3, -0.25) is 0 Å². The summed E-state index contributed by atoms with van der Waals surface area (Å²) in [5.74, 6) is 3.07. The lowest BCUT2D eigenvalue weighted by molar-refractivity contribution is 0.0749. The van der Waals surface area contributed by atoms with Crippen molar-refractivity contribution in [3.63, 3.8) is 0 Å². The van der Waals surface area contributed by atoms with Crippen LogP contribution in [-0.2, 0) is 12.8 Å². The third kappa shape index (κ3) is 6.01. The van der Waals surface area contributed by atoms with Gasteiger partial charge in [0, 0.05) is 0 Å². The molecule has 1 aliphatic heterocycles. The van der Waals surface area contributed by atoms with Crippen LogP contribution < -0.4 is 4.74 Å². The van der Waals surface area contributed by atoms with E-state index in [1.54, 1.807) is 6.07 Å². The van der Waals surface area contributed by atoms with Crippen LogP contribution in [0.2, 0.25) is 0 Å². The van der Waals surface area contributed by atoms with E-state index >= 15 is 4.39 Å². The average molecular weight is 475 g/mol. The predicted molar refractivity (Wildman–Crippen MR) is 144 cm³/mol. The molecule has 2 aliphatic carbocycles. The van der Waals surface area contributed by atoms with Crippen molar-refractivity contribution in [2.45, 2.75) is 103 Å². The molecule has 1 nitrogen and oxygen atoms in total. The maximum Gasteiger partial charge on any atom is 0.165 e. The van der Waals surface area contributed by atoms with Crippen molar-refractivity contribution >= 4 is 6.08 Å². The second kappa shape index (κ2) is 11.3. The van der Waals surface area contributed by atoms with Crippen LogP contribution in [0.4, 0.5) is 4.39 Å². The molecule has 2 saturated carbocycles. The van der Waals surface area contributed by atoms with Gasteiger partial charge in [0.15, 0.2) is 11.6 Å². The minimum absolute atomic E-state index is 0.175. The van der Waals surface area contributed by atoms with E-state index in [2.05, 4.69) is 56.3 Å². The van der Waals surface area contributed by atoms with Gasteiger partial charge in [0.25, 0.3) is 0 Å². The number of allylic oxidation sites excluding steroid dienone is 1. The number of hydrogen-bond acceptors (Lipinski definition) is 1. The van der Waals surface area contributed by atoms with E-state index < -0.39 is 0 Å². The van der Waals surface area contributed by atoms with Gasteiger partial charge < -0.3 is 4.74 Å². The fourth-order valence-corrected chi connectivity index (χ4v) is 6.72. The molecule has 0 saturated heterocycles. The Balaban J connectivity index is 1.16. The SMILES string of the molecule is CCCc1ccc(C2CCC(/C=C/c3cc(F)c4c(c3)CCC(C3CCC(C)CC3)O4)CC2)cc1. The maximum atomic E-state index is 15.1. The molecule has 0 amide bonds. The molecule has 1 unspecified atom stereocenters. The third-order valence-electron chi connectivity index (χ3n) is 9.02. The Morgan fingerprint density at radius 1 is 0.914 bits per heavy atom. The summed E-state index contributed by atoms with van der Waals surface area (Å²) < 4.78 is 21.3. The van der Waals surface area contributed by atoms with Crippen LogP contribution in [-0.4, -0.2) is 6.10 Å². The molecule has 2 heteroatoms. The molecular weight excluding hydrogens is 431 g/mol. The van der Waals surface area contributed by atoms with Gasteiger partial charge in [-0.25, -0.2) is 4.39 Å². The van der Waals surface area contributed by atoms with Gasteiger partial charge in [-0.1, -0.05) is 69.5 Å². The number of hydrogen-bond donors (Lipinski definition) is 0. The molecular formula is C33H43FO.